The third kappa shape index (κ3) is 0.969. The summed E-state index contributed by atoms with van der Waals surface area (Å²) in [6.45, 7) is 2.20. The Bertz CT molecular complexity index is 450. The Morgan fingerprint density at radius 3 is 2.93 bits per heavy atom. The number of Topliss-reactive ketones (excluding diaryl/α,β-unsaturated/α-hetero) is 1. The minimum atomic E-state index is 0.0982. The fourth-order valence-electron chi connectivity index (χ4n) is 3.07. The number of hydrogen-bond donors (Lipinski definition) is 0. The van der Waals surface area contributed by atoms with Crippen LogP contribution in [0.4, 0.5) is 0 Å². The molecule has 1 saturated carbocycles. The molecular weight excluding hydrogens is 188 g/mol. The van der Waals surface area contributed by atoms with Crippen molar-refractivity contribution in [2.45, 2.75) is 25.2 Å². The zero-order valence-corrected chi connectivity index (χ0v) is 9.04. The molecule has 0 amide bonds. The van der Waals surface area contributed by atoms with Gasteiger partial charge in [0.25, 0.3) is 0 Å². The van der Waals surface area contributed by atoms with Crippen molar-refractivity contribution in [3.05, 3.63) is 29.3 Å². The van der Waals surface area contributed by atoms with E-state index in [9.17, 15) is 4.79 Å². The van der Waals surface area contributed by atoms with Crippen molar-refractivity contribution in [3.63, 3.8) is 0 Å². The van der Waals surface area contributed by atoms with E-state index in [2.05, 4.69) is 19.1 Å². The molecule has 0 bridgehead atoms. The van der Waals surface area contributed by atoms with Crippen molar-refractivity contribution in [2.75, 3.05) is 7.11 Å². The van der Waals surface area contributed by atoms with Crippen LogP contribution in [0.2, 0.25) is 0 Å². The summed E-state index contributed by atoms with van der Waals surface area (Å²) in [5.74, 6) is 1.56. The van der Waals surface area contributed by atoms with E-state index in [1.807, 2.05) is 6.07 Å². The molecule has 0 spiro atoms. The van der Waals surface area contributed by atoms with Crippen LogP contribution < -0.4 is 4.74 Å². The van der Waals surface area contributed by atoms with Gasteiger partial charge in [0.2, 0.25) is 0 Å². The quantitative estimate of drug-likeness (QED) is 0.697. The molecule has 2 atom stereocenters. The van der Waals surface area contributed by atoms with Crippen LogP contribution in [0, 0.1) is 5.92 Å². The first-order valence-electron chi connectivity index (χ1n) is 5.35. The van der Waals surface area contributed by atoms with Crippen LogP contribution in [0.5, 0.6) is 5.75 Å². The Kier molecular flexibility index (Phi) is 1.57. The van der Waals surface area contributed by atoms with Crippen molar-refractivity contribution < 1.29 is 9.53 Å². The molecule has 0 saturated heterocycles. The Balaban J connectivity index is 2.11. The summed E-state index contributed by atoms with van der Waals surface area (Å²) in [5.41, 5.74) is 2.75. The number of carbonyl (C=O) groups excluding carboxylic acids is 1. The van der Waals surface area contributed by atoms with E-state index in [0.717, 1.165) is 12.2 Å². The molecular formula is C13H14O2. The normalized spacial score (nSPS) is 31.9. The zero-order chi connectivity index (χ0) is 10.6. The molecule has 1 aromatic rings. The third-order valence-electron chi connectivity index (χ3n) is 4.06. The maximum atomic E-state index is 11.5. The Labute approximate surface area is 89.2 Å². The van der Waals surface area contributed by atoms with Gasteiger partial charge >= 0.3 is 0 Å². The second-order valence-electron chi connectivity index (χ2n) is 4.84. The number of carbonyl (C=O) groups is 1. The van der Waals surface area contributed by atoms with Crippen molar-refractivity contribution in [1.29, 1.82) is 0 Å². The van der Waals surface area contributed by atoms with Gasteiger partial charge in [-0.25, -0.2) is 0 Å². The molecule has 0 unspecified atom stereocenters. The maximum absolute atomic E-state index is 11.5. The number of fused-ring (bicyclic) bond motifs is 3. The molecule has 0 heterocycles. The van der Waals surface area contributed by atoms with Gasteiger partial charge in [-0.2, -0.15) is 0 Å². The van der Waals surface area contributed by atoms with Crippen LogP contribution in [0.3, 0.4) is 0 Å². The molecule has 0 aromatic heterocycles. The minimum Gasteiger partial charge on any atom is -0.497 e. The molecule has 1 fully saturated rings. The zero-order valence-electron chi connectivity index (χ0n) is 9.04. The largest absolute Gasteiger partial charge is 0.497 e. The van der Waals surface area contributed by atoms with Crippen LogP contribution in [0.1, 0.15) is 24.5 Å². The summed E-state index contributed by atoms with van der Waals surface area (Å²) in [4.78, 5) is 11.5. The van der Waals surface area contributed by atoms with Gasteiger partial charge in [0.1, 0.15) is 11.5 Å². The highest BCUT2D eigenvalue weighted by atomic mass is 16.5. The second kappa shape index (κ2) is 2.63. The number of ketones is 1. The Hall–Kier alpha value is -1.31. The highest BCUT2D eigenvalue weighted by molar-refractivity contribution is 5.93. The first-order chi connectivity index (χ1) is 7.15. The van der Waals surface area contributed by atoms with Crippen molar-refractivity contribution in [3.8, 4) is 5.75 Å². The maximum Gasteiger partial charge on any atom is 0.138 e. The highest BCUT2D eigenvalue weighted by Crippen LogP contribution is 2.54. The minimum absolute atomic E-state index is 0.0982. The molecule has 78 valence electrons. The average molecular weight is 202 g/mol. The molecule has 2 aliphatic rings. The van der Waals surface area contributed by atoms with E-state index in [0.29, 0.717) is 12.2 Å². The van der Waals surface area contributed by atoms with Gasteiger partial charge in [0, 0.05) is 17.8 Å². The van der Waals surface area contributed by atoms with E-state index in [-0.39, 0.29) is 11.3 Å². The SMILES string of the molecule is COc1ccc2c(c1)[C@@]1(C)CC(=O)[C@H]1C2. The van der Waals surface area contributed by atoms with Gasteiger partial charge < -0.3 is 4.74 Å². The molecule has 2 nitrogen and oxygen atoms in total. The van der Waals surface area contributed by atoms with Crippen molar-refractivity contribution in [1.82, 2.24) is 0 Å². The van der Waals surface area contributed by atoms with Crippen molar-refractivity contribution >= 4 is 5.78 Å². The Morgan fingerprint density at radius 1 is 1.47 bits per heavy atom. The first kappa shape index (κ1) is 8.96. The number of methoxy groups -OCH3 is 1. The lowest BCUT2D eigenvalue weighted by atomic mass is 9.60. The van der Waals surface area contributed by atoms with Crippen LogP contribution in [-0.2, 0) is 16.6 Å². The molecule has 3 rings (SSSR count). The summed E-state index contributed by atoms with van der Waals surface area (Å²) in [6.07, 6.45) is 1.63. The average Bonchev–Trinajstić information content (AvgIpc) is 2.47. The fraction of sp³-hybridized carbons (Fsp3) is 0.462. The van der Waals surface area contributed by atoms with E-state index in [4.69, 9.17) is 4.74 Å². The lowest BCUT2D eigenvalue weighted by Gasteiger charge is -2.41. The van der Waals surface area contributed by atoms with E-state index >= 15 is 0 Å². The van der Waals surface area contributed by atoms with Crippen molar-refractivity contribution in [2.24, 2.45) is 5.92 Å². The van der Waals surface area contributed by atoms with Crippen LogP contribution >= 0.6 is 0 Å². The second-order valence-corrected chi connectivity index (χ2v) is 4.84. The third-order valence-corrected chi connectivity index (χ3v) is 4.06. The fourth-order valence-corrected chi connectivity index (χ4v) is 3.07. The molecule has 0 N–H and O–H groups in total. The van der Waals surface area contributed by atoms with Gasteiger partial charge in [-0.3, -0.25) is 4.79 Å². The van der Waals surface area contributed by atoms with E-state index in [1.165, 1.54) is 11.1 Å². The Morgan fingerprint density at radius 2 is 2.27 bits per heavy atom. The monoisotopic (exact) mass is 202 g/mol. The number of hydrogen-bond acceptors (Lipinski definition) is 2. The molecule has 0 radical (unpaired) electrons. The number of rotatable bonds is 1. The molecule has 1 aromatic carbocycles. The molecule has 2 heteroatoms. The standard InChI is InChI=1S/C13H14O2/c1-13-7-12(14)11(13)5-8-3-4-9(15-2)6-10(8)13/h3-4,6,11H,5,7H2,1-2H3/t11-,13-/m1/s1. The van der Waals surface area contributed by atoms with Crippen LogP contribution in [0.25, 0.3) is 0 Å². The summed E-state index contributed by atoms with van der Waals surface area (Å²) in [7, 11) is 1.68. The van der Waals surface area contributed by atoms with Crippen LogP contribution in [-0.4, -0.2) is 12.9 Å². The topological polar surface area (TPSA) is 26.3 Å². The number of benzene rings is 1. The van der Waals surface area contributed by atoms with Gasteiger partial charge in [-0.15, -0.1) is 0 Å². The summed E-state index contributed by atoms with van der Waals surface area (Å²) in [6, 6.07) is 6.18. The summed E-state index contributed by atoms with van der Waals surface area (Å²) < 4.78 is 5.23. The molecule has 15 heavy (non-hydrogen) atoms. The van der Waals surface area contributed by atoms with E-state index < -0.39 is 0 Å². The van der Waals surface area contributed by atoms with Gasteiger partial charge in [0.15, 0.2) is 0 Å². The predicted molar refractivity (Wildman–Crippen MR) is 57.2 cm³/mol. The lowest BCUT2D eigenvalue weighted by Crippen LogP contribution is -2.47. The molecule has 0 aliphatic heterocycles. The predicted octanol–water partition coefficient (Wildman–Crippen LogP) is 2.10. The van der Waals surface area contributed by atoms with Gasteiger partial charge in [0.05, 0.1) is 7.11 Å². The first-order valence-corrected chi connectivity index (χ1v) is 5.35. The van der Waals surface area contributed by atoms with Crippen LogP contribution in [0.15, 0.2) is 18.2 Å². The van der Waals surface area contributed by atoms with Gasteiger partial charge in [-0.1, -0.05) is 13.0 Å². The summed E-state index contributed by atoms with van der Waals surface area (Å²) >= 11 is 0. The lowest BCUT2D eigenvalue weighted by molar-refractivity contribution is -0.134. The highest BCUT2D eigenvalue weighted by Gasteiger charge is 2.55. The van der Waals surface area contributed by atoms with E-state index in [1.54, 1.807) is 7.11 Å². The molecule has 2 aliphatic carbocycles. The summed E-state index contributed by atoms with van der Waals surface area (Å²) in [5, 5.41) is 0. The van der Waals surface area contributed by atoms with Gasteiger partial charge in [-0.05, 0) is 29.7 Å². The smallest absolute Gasteiger partial charge is 0.138 e. The number of ether oxygens (including phenoxy) is 1.